The van der Waals surface area contributed by atoms with E-state index in [0.717, 1.165) is 22.8 Å². The number of anilines is 2. The summed E-state index contributed by atoms with van der Waals surface area (Å²) in [5.74, 6) is -2.69. The molecule has 1 aromatic heterocycles. The Morgan fingerprint density at radius 3 is 1.63 bits per heavy atom. The van der Waals surface area contributed by atoms with Crippen LogP contribution in [-0.2, 0) is 16.8 Å². The normalized spacial score (nSPS) is 11.9. The van der Waals surface area contributed by atoms with Crippen molar-refractivity contribution >= 4 is 17.3 Å². The molecule has 4 rings (SSSR count). The molecular formula is C35H42CoN3O4-. The molecule has 0 spiro atoms. The Kier molecular flexibility index (Phi) is 12.6. The number of nitrogens with one attached hydrogen (secondary N) is 2. The summed E-state index contributed by atoms with van der Waals surface area (Å²) in [6.45, 7) is 16.4. The first-order valence-corrected chi connectivity index (χ1v) is 14.2. The molecule has 7 nitrogen and oxygen atoms in total. The summed E-state index contributed by atoms with van der Waals surface area (Å²) in [5, 5.41) is 36.4. The van der Waals surface area contributed by atoms with Gasteiger partial charge in [-0.3, -0.25) is 4.98 Å². The minimum absolute atomic E-state index is 0. The number of nitrogens with zero attached hydrogens (tertiary/aromatic N) is 1. The van der Waals surface area contributed by atoms with E-state index < -0.39 is 17.5 Å². The fourth-order valence-corrected chi connectivity index (χ4v) is 4.81. The van der Waals surface area contributed by atoms with Crippen molar-refractivity contribution in [1.82, 2.24) is 4.98 Å². The third-order valence-electron chi connectivity index (χ3n) is 7.19. The number of pyridine rings is 1. The average Bonchev–Trinajstić information content (AvgIpc) is 2.93. The van der Waals surface area contributed by atoms with Gasteiger partial charge in [-0.05, 0) is 94.5 Å². The number of aromatic hydroxyl groups is 1. The van der Waals surface area contributed by atoms with Crippen LogP contribution in [-0.4, -0.2) is 21.2 Å². The Balaban J connectivity index is 0.000000364. The van der Waals surface area contributed by atoms with Gasteiger partial charge in [0.1, 0.15) is 5.75 Å². The van der Waals surface area contributed by atoms with Crippen molar-refractivity contribution in [1.29, 1.82) is 0 Å². The molecule has 4 N–H and O–H groups in total. The van der Waals surface area contributed by atoms with E-state index in [2.05, 4.69) is 107 Å². The maximum absolute atomic E-state index is 11.3. The van der Waals surface area contributed by atoms with Gasteiger partial charge in [-0.25, -0.2) is 4.79 Å². The summed E-state index contributed by atoms with van der Waals surface area (Å²) >= 11 is 0. The van der Waals surface area contributed by atoms with Crippen molar-refractivity contribution in [2.45, 2.75) is 73.4 Å². The molecule has 3 aromatic carbocycles. The first kappa shape index (κ1) is 35.2. The minimum atomic E-state index is -1.30. The summed E-state index contributed by atoms with van der Waals surface area (Å²) in [4.78, 5) is 15.7. The number of aromatic nitrogens is 1. The molecular weight excluding hydrogens is 585 g/mol. The number of hydrogen-bond acceptors (Lipinski definition) is 6. The molecule has 43 heavy (non-hydrogen) atoms. The predicted molar refractivity (Wildman–Crippen MR) is 169 cm³/mol. The van der Waals surface area contributed by atoms with Crippen LogP contribution in [0.1, 0.15) is 95.3 Å². The second-order valence-corrected chi connectivity index (χ2v) is 11.2. The van der Waals surface area contributed by atoms with Crippen LogP contribution in [0.3, 0.4) is 0 Å². The van der Waals surface area contributed by atoms with Gasteiger partial charge in [0.05, 0.1) is 29.0 Å². The molecule has 0 amide bonds. The minimum Gasteiger partial charge on any atom is -0.869 e. The van der Waals surface area contributed by atoms with Crippen LogP contribution in [0.2, 0.25) is 0 Å². The topological polar surface area (TPSA) is 118 Å². The van der Waals surface area contributed by atoms with Crippen LogP contribution >= 0.6 is 0 Å². The molecule has 0 saturated carbocycles. The summed E-state index contributed by atoms with van der Waals surface area (Å²) in [6, 6.07) is 22.2. The molecule has 1 radical (unpaired) electrons. The first-order valence-electron chi connectivity index (χ1n) is 14.2. The van der Waals surface area contributed by atoms with E-state index in [4.69, 9.17) is 15.2 Å². The van der Waals surface area contributed by atoms with Crippen molar-refractivity contribution in [2.24, 2.45) is 0 Å². The fraction of sp³-hybridized carbons (Fsp3) is 0.314. The predicted octanol–water partition coefficient (Wildman–Crippen LogP) is 7.95. The molecule has 0 aliphatic carbocycles. The van der Waals surface area contributed by atoms with Crippen LogP contribution < -0.4 is 15.7 Å². The second-order valence-electron chi connectivity index (χ2n) is 11.2. The van der Waals surface area contributed by atoms with Crippen molar-refractivity contribution < 1.29 is 36.9 Å². The van der Waals surface area contributed by atoms with Crippen molar-refractivity contribution in [3.8, 4) is 11.5 Å². The summed E-state index contributed by atoms with van der Waals surface area (Å²) in [7, 11) is 0. The fourth-order valence-electron chi connectivity index (χ4n) is 4.81. The van der Waals surface area contributed by atoms with Crippen LogP contribution in [0.15, 0.2) is 66.7 Å². The number of phenolic OH excluding ortho intramolecular Hbond substituents is 1. The van der Waals surface area contributed by atoms with Gasteiger partial charge >= 0.3 is 5.97 Å². The molecule has 0 aliphatic heterocycles. The van der Waals surface area contributed by atoms with E-state index in [0.29, 0.717) is 5.56 Å². The third kappa shape index (κ3) is 9.23. The number of benzene rings is 3. The molecule has 2 unspecified atom stereocenters. The molecule has 8 heteroatoms. The largest absolute Gasteiger partial charge is 0.869 e. The Morgan fingerprint density at radius 1 is 0.767 bits per heavy atom. The zero-order valence-electron chi connectivity index (χ0n) is 26.1. The van der Waals surface area contributed by atoms with Gasteiger partial charge in [0.15, 0.2) is 0 Å². The number of aromatic carboxylic acids is 1. The van der Waals surface area contributed by atoms with E-state index in [1.807, 2.05) is 0 Å². The summed E-state index contributed by atoms with van der Waals surface area (Å²) in [6.07, 6.45) is 0. The van der Waals surface area contributed by atoms with Gasteiger partial charge < -0.3 is 26.0 Å². The zero-order valence-corrected chi connectivity index (χ0v) is 27.1. The van der Waals surface area contributed by atoms with Crippen LogP contribution in [0.5, 0.6) is 11.5 Å². The monoisotopic (exact) mass is 627 g/mol. The Hall–Kier alpha value is -4.01. The maximum atomic E-state index is 11.3. The number of phenols is 1. The Morgan fingerprint density at radius 2 is 1.23 bits per heavy atom. The van der Waals surface area contributed by atoms with E-state index in [9.17, 15) is 9.90 Å². The Labute approximate surface area is 265 Å². The van der Waals surface area contributed by atoms with Gasteiger partial charge in [0.2, 0.25) is 0 Å². The number of rotatable bonds is 8. The average molecular weight is 628 g/mol. The van der Waals surface area contributed by atoms with Gasteiger partial charge in [-0.2, -0.15) is 0 Å². The standard InChI is InChI=1S/C25H31N3.C10H12O4.Co/c1-16-10-12-22(18(3)14-16)26-20(5)24-8-7-9-25(28-24)21(6)27-23-13-11-17(2)15-19(23)4;1-5(2)6-3-4-7(11)9(12)8(6)10(13)14;/h7-15,20-21,26-27H,1-6H3;3-5,11-12H,1-2H3,(H,13,14);/p-1. The van der Waals surface area contributed by atoms with Crippen molar-refractivity contribution in [2.75, 3.05) is 10.6 Å². The number of carboxylic acids is 1. The van der Waals surface area contributed by atoms with Gasteiger partial charge in [0.25, 0.3) is 0 Å². The molecule has 0 fully saturated rings. The first-order chi connectivity index (χ1) is 19.8. The van der Waals surface area contributed by atoms with E-state index in [-0.39, 0.29) is 40.3 Å². The summed E-state index contributed by atoms with van der Waals surface area (Å²) < 4.78 is 0. The summed E-state index contributed by atoms with van der Waals surface area (Å²) in [5.41, 5.74) is 9.60. The number of carboxylic acid groups (broad SMARTS) is 1. The molecule has 0 bridgehead atoms. The molecule has 0 aliphatic rings. The van der Waals surface area contributed by atoms with E-state index in [1.165, 1.54) is 34.4 Å². The molecule has 231 valence electrons. The molecule has 0 saturated heterocycles. The molecule has 4 aromatic rings. The van der Waals surface area contributed by atoms with E-state index in [1.54, 1.807) is 13.8 Å². The second kappa shape index (κ2) is 15.5. The maximum Gasteiger partial charge on any atom is 0.335 e. The third-order valence-corrected chi connectivity index (χ3v) is 7.19. The zero-order chi connectivity index (χ0) is 31.1. The number of hydrogen-bond donors (Lipinski definition) is 4. The van der Waals surface area contributed by atoms with Crippen LogP contribution in [0.25, 0.3) is 0 Å². The van der Waals surface area contributed by atoms with Gasteiger partial charge in [-0.15, -0.1) is 0 Å². The van der Waals surface area contributed by atoms with Crippen molar-refractivity contribution in [3.05, 3.63) is 111 Å². The number of carbonyl (C=O) groups is 1. The Bertz CT molecular complexity index is 1480. The van der Waals surface area contributed by atoms with Crippen LogP contribution in [0.4, 0.5) is 11.4 Å². The molecule has 1 heterocycles. The van der Waals surface area contributed by atoms with Crippen LogP contribution in [0, 0.1) is 27.7 Å². The SMILES string of the molecule is CC(C)c1ccc(O)c([O-])c1C(=O)O.Cc1ccc(NC(C)c2cccc(C(C)Nc3ccc(C)cc3C)n2)c(C)c1.[Co]. The van der Waals surface area contributed by atoms with Gasteiger partial charge in [-0.1, -0.05) is 67.1 Å². The van der Waals surface area contributed by atoms with E-state index >= 15 is 0 Å². The van der Waals surface area contributed by atoms with Crippen molar-refractivity contribution in [3.63, 3.8) is 0 Å². The smallest absolute Gasteiger partial charge is 0.335 e. The van der Waals surface area contributed by atoms with Gasteiger partial charge in [0, 0.05) is 28.2 Å². The molecule has 2 atom stereocenters. The quantitative estimate of drug-likeness (QED) is 0.157. The number of aryl methyl sites for hydroxylation is 4.